The fraction of sp³-hybridized carbons (Fsp3) is 0.333. The van der Waals surface area contributed by atoms with Crippen molar-refractivity contribution < 1.29 is 4.52 Å². The monoisotopic (exact) mass is 433 g/mol. The van der Waals surface area contributed by atoms with Gasteiger partial charge in [0.15, 0.2) is 11.5 Å². The Kier molecular flexibility index (Phi) is 3.18. The van der Waals surface area contributed by atoms with Crippen LogP contribution in [-0.4, -0.2) is 42.2 Å². The SMILES string of the molecule is Cc1ccnc2ncn(Cc3nc([C@@]45C6[C@H]4[C@H]5CN6c4cc(Cl)ccn4)no3)c(=O)c12. The Hall–Kier alpha value is -3.33. The summed E-state index contributed by atoms with van der Waals surface area (Å²) in [4.78, 5) is 32.8. The van der Waals surface area contributed by atoms with Crippen LogP contribution >= 0.6 is 11.6 Å². The predicted octanol–water partition coefficient (Wildman–Crippen LogP) is 1.97. The van der Waals surface area contributed by atoms with Gasteiger partial charge in [-0.1, -0.05) is 16.8 Å². The van der Waals surface area contributed by atoms with E-state index >= 15 is 0 Å². The Morgan fingerprint density at radius 2 is 2.13 bits per heavy atom. The van der Waals surface area contributed by atoms with E-state index in [1.54, 1.807) is 24.5 Å². The highest BCUT2D eigenvalue weighted by molar-refractivity contribution is 6.30. The molecule has 6 heterocycles. The van der Waals surface area contributed by atoms with Crippen LogP contribution in [0.25, 0.3) is 11.0 Å². The zero-order chi connectivity index (χ0) is 20.9. The maximum atomic E-state index is 12.9. The number of piperidine rings is 1. The van der Waals surface area contributed by atoms with E-state index in [1.807, 2.05) is 13.0 Å². The van der Waals surface area contributed by atoms with Gasteiger partial charge >= 0.3 is 0 Å². The molecule has 4 aliphatic rings. The van der Waals surface area contributed by atoms with Crippen molar-refractivity contribution in [1.29, 1.82) is 0 Å². The summed E-state index contributed by atoms with van der Waals surface area (Å²) in [7, 11) is 0. The summed E-state index contributed by atoms with van der Waals surface area (Å²) in [6, 6.07) is 5.82. The van der Waals surface area contributed by atoms with Crippen molar-refractivity contribution in [2.75, 3.05) is 11.4 Å². The highest BCUT2D eigenvalue weighted by Crippen LogP contribution is 2.85. The summed E-state index contributed by atoms with van der Waals surface area (Å²) in [5.74, 6) is 3.08. The lowest BCUT2D eigenvalue weighted by atomic mass is 10.1. The third kappa shape index (κ3) is 2.16. The summed E-state index contributed by atoms with van der Waals surface area (Å²) in [5, 5.41) is 5.47. The molecule has 154 valence electrons. The average molecular weight is 434 g/mol. The van der Waals surface area contributed by atoms with Gasteiger partial charge in [0.05, 0.1) is 10.8 Å². The zero-order valence-corrected chi connectivity index (χ0v) is 17.2. The maximum Gasteiger partial charge on any atom is 0.263 e. The van der Waals surface area contributed by atoms with Crippen molar-refractivity contribution in [3.63, 3.8) is 0 Å². The highest BCUT2D eigenvalue weighted by atomic mass is 35.5. The molecule has 0 aromatic carbocycles. The normalized spacial score (nSPS) is 27.5. The standard InChI is InChI=1S/C21H16ClN7O2/c1-10-2-4-24-18-15(10)19(30)28(9-25-18)8-14-26-20(27-31-14)21-12-7-29(17(21)16(12)21)13-6-11(22)3-5-23-13/h2-6,9,12,16-17H,7-8H2,1H3/t12-,16-,17?,21-/m1/s1. The molecule has 0 spiro atoms. The third-order valence-electron chi connectivity index (χ3n) is 7.04. The van der Waals surface area contributed by atoms with Crippen LogP contribution in [0.15, 0.2) is 46.2 Å². The summed E-state index contributed by atoms with van der Waals surface area (Å²) in [6.45, 7) is 2.98. The van der Waals surface area contributed by atoms with Gasteiger partial charge in [0.2, 0.25) is 5.89 Å². The molecule has 2 aliphatic carbocycles. The van der Waals surface area contributed by atoms with E-state index in [1.165, 1.54) is 10.9 Å². The molecule has 4 fully saturated rings. The molecule has 0 radical (unpaired) electrons. The average Bonchev–Trinajstić information content (AvgIpc) is 3.30. The number of pyridine rings is 2. The van der Waals surface area contributed by atoms with Crippen molar-refractivity contribution >= 4 is 28.5 Å². The molecule has 8 rings (SSSR count). The van der Waals surface area contributed by atoms with Gasteiger partial charge in [-0.25, -0.2) is 15.0 Å². The van der Waals surface area contributed by atoms with Crippen molar-refractivity contribution in [1.82, 2.24) is 29.7 Å². The Morgan fingerprint density at radius 3 is 2.97 bits per heavy atom. The van der Waals surface area contributed by atoms with Crippen LogP contribution in [-0.2, 0) is 12.0 Å². The second kappa shape index (κ2) is 5.67. The second-order valence-electron chi connectivity index (χ2n) is 8.51. The second-order valence-corrected chi connectivity index (χ2v) is 8.95. The van der Waals surface area contributed by atoms with Crippen LogP contribution in [0.5, 0.6) is 0 Å². The number of hydrogen-bond donors (Lipinski definition) is 0. The first-order valence-electron chi connectivity index (χ1n) is 10.1. The first kappa shape index (κ1) is 17.4. The number of aromatic nitrogens is 6. The Bertz CT molecular complexity index is 1440. The molecule has 10 heteroatoms. The lowest BCUT2D eigenvalue weighted by molar-refractivity contribution is 0.362. The number of rotatable bonds is 4. The van der Waals surface area contributed by atoms with Crippen molar-refractivity contribution in [3.8, 4) is 0 Å². The van der Waals surface area contributed by atoms with E-state index in [9.17, 15) is 4.79 Å². The summed E-state index contributed by atoms with van der Waals surface area (Å²) < 4.78 is 7.01. The smallest absolute Gasteiger partial charge is 0.263 e. The fourth-order valence-corrected chi connectivity index (χ4v) is 5.66. The van der Waals surface area contributed by atoms with Gasteiger partial charge in [0, 0.05) is 35.9 Å². The van der Waals surface area contributed by atoms with Gasteiger partial charge in [-0.15, -0.1) is 0 Å². The highest BCUT2D eigenvalue weighted by Gasteiger charge is 2.95. The summed E-state index contributed by atoms with van der Waals surface area (Å²) >= 11 is 6.14. The quantitative estimate of drug-likeness (QED) is 0.481. The van der Waals surface area contributed by atoms with Crippen molar-refractivity contribution in [2.45, 2.75) is 24.9 Å². The predicted molar refractivity (Wildman–Crippen MR) is 111 cm³/mol. The summed E-state index contributed by atoms with van der Waals surface area (Å²) in [5.41, 5.74) is 1.07. The number of anilines is 1. The molecule has 2 saturated carbocycles. The largest absolute Gasteiger partial charge is 0.352 e. The molecule has 0 amide bonds. The minimum Gasteiger partial charge on any atom is -0.352 e. The molecule has 4 aromatic heterocycles. The van der Waals surface area contributed by atoms with Crippen molar-refractivity contribution in [2.24, 2.45) is 11.8 Å². The lowest BCUT2D eigenvalue weighted by Gasteiger charge is -2.17. The Morgan fingerprint density at radius 1 is 1.26 bits per heavy atom. The van der Waals surface area contributed by atoms with E-state index in [0.717, 1.165) is 23.8 Å². The van der Waals surface area contributed by atoms with E-state index in [4.69, 9.17) is 16.1 Å². The van der Waals surface area contributed by atoms with Gasteiger partial charge in [0.1, 0.15) is 18.7 Å². The molecule has 2 aliphatic heterocycles. The topological polar surface area (TPSA) is 103 Å². The van der Waals surface area contributed by atoms with Crippen LogP contribution in [0.4, 0.5) is 5.82 Å². The minimum atomic E-state index is -0.164. The molecule has 2 saturated heterocycles. The molecule has 4 atom stereocenters. The molecular weight excluding hydrogens is 418 g/mol. The first-order valence-corrected chi connectivity index (χ1v) is 10.5. The van der Waals surface area contributed by atoms with Gasteiger partial charge in [-0.2, -0.15) is 4.98 Å². The number of hydrogen-bond acceptors (Lipinski definition) is 8. The van der Waals surface area contributed by atoms with Gasteiger partial charge < -0.3 is 9.42 Å². The first-order chi connectivity index (χ1) is 15.1. The van der Waals surface area contributed by atoms with E-state index in [0.29, 0.717) is 39.8 Å². The van der Waals surface area contributed by atoms with Gasteiger partial charge in [-0.3, -0.25) is 9.36 Å². The van der Waals surface area contributed by atoms with Crippen LogP contribution in [0, 0.1) is 18.8 Å². The third-order valence-corrected chi connectivity index (χ3v) is 7.27. The van der Waals surface area contributed by atoms with Crippen LogP contribution < -0.4 is 10.5 Å². The zero-order valence-electron chi connectivity index (χ0n) is 16.4. The molecule has 1 unspecified atom stereocenters. The van der Waals surface area contributed by atoms with Gasteiger partial charge in [0.25, 0.3) is 5.56 Å². The van der Waals surface area contributed by atoms with Gasteiger partial charge in [-0.05, 0) is 36.6 Å². The fourth-order valence-electron chi connectivity index (χ4n) is 5.50. The molecule has 31 heavy (non-hydrogen) atoms. The molecule has 4 aromatic rings. The minimum absolute atomic E-state index is 0.0428. The number of aryl methyl sites for hydroxylation is 1. The molecular formula is C21H16ClN7O2. The maximum absolute atomic E-state index is 12.9. The van der Waals surface area contributed by atoms with E-state index in [-0.39, 0.29) is 17.5 Å². The molecule has 0 N–H and O–H groups in total. The van der Waals surface area contributed by atoms with Crippen LogP contribution in [0.3, 0.4) is 0 Å². The Labute approximate surface area is 180 Å². The number of halogens is 1. The van der Waals surface area contributed by atoms with Crippen LogP contribution in [0.1, 0.15) is 17.3 Å². The number of nitrogens with zero attached hydrogens (tertiary/aromatic N) is 7. The van der Waals surface area contributed by atoms with Crippen LogP contribution in [0.2, 0.25) is 5.02 Å². The van der Waals surface area contributed by atoms with Crippen molar-refractivity contribution in [3.05, 3.63) is 69.6 Å². The lowest BCUT2D eigenvalue weighted by Crippen LogP contribution is -2.24. The summed E-state index contributed by atoms with van der Waals surface area (Å²) in [6.07, 6.45) is 4.86. The molecule has 9 nitrogen and oxygen atoms in total. The molecule has 2 bridgehead atoms. The Balaban J connectivity index is 1.17. The van der Waals surface area contributed by atoms with E-state index < -0.39 is 0 Å². The number of fused-ring (bicyclic) bond motifs is 2. The van der Waals surface area contributed by atoms with E-state index in [2.05, 4.69) is 30.0 Å².